The lowest BCUT2D eigenvalue weighted by atomic mass is 10.1. The monoisotopic (exact) mass is 507 g/mol. The molecular formula is C29H31ClFN3O2. The molecule has 0 aliphatic rings. The first-order chi connectivity index (χ1) is 17.4. The van der Waals surface area contributed by atoms with E-state index in [-0.39, 0.29) is 5.56 Å². The van der Waals surface area contributed by atoms with Gasteiger partial charge in [0.1, 0.15) is 17.4 Å². The summed E-state index contributed by atoms with van der Waals surface area (Å²) in [6, 6.07) is 18.1. The van der Waals surface area contributed by atoms with Gasteiger partial charge in [0.2, 0.25) is 0 Å². The summed E-state index contributed by atoms with van der Waals surface area (Å²) < 4.78 is 22.0. The van der Waals surface area contributed by atoms with E-state index in [1.165, 1.54) is 12.1 Å². The lowest BCUT2D eigenvalue weighted by Gasteiger charge is -2.12. The normalized spacial score (nSPS) is 11.1. The molecule has 0 aliphatic heterocycles. The molecule has 36 heavy (non-hydrogen) atoms. The third kappa shape index (κ3) is 6.24. The van der Waals surface area contributed by atoms with Crippen molar-refractivity contribution in [3.05, 3.63) is 94.0 Å². The van der Waals surface area contributed by atoms with Crippen LogP contribution in [-0.4, -0.2) is 28.6 Å². The number of aromatic nitrogens is 2. The molecule has 0 unspecified atom stereocenters. The standard InChI is InChI=1S/C29H31ClFN3O2/c1-20-18-22(19-21(2)28(20)30)36-17-8-7-16-34-26-13-6-5-12-25(26)33-27(34)14-9-15-32-29(35)23-10-3-4-11-24(23)31/h3-6,10-13,18-19H,7-9,14-17H2,1-2H3,(H,32,35). The van der Waals surface area contributed by atoms with Crippen LogP contribution in [0.2, 0.25) is 5.02 Å². The van der Waals surface area contributed by atoms with Gasteiger partial charge in [0, 0.05) is 24.5 Å². The van der Waals surface area contributed by atoms with E-state index in [1.54, 1.807) is 12.1 Å². The average Bonchev–Trinajstić information content (AvgIpc) is 3.22. The van der Waals surface area contributed by atoms with Gasteiger partial charge in [-0.2, -0.15) is 0 Å². The molecule has 0 aliphatic carbocycles. The van der Waals surface area contributed by atoms with Crippen molar-refractivity contribution in [1.82, 2.24) is 14.9 Å². The van der Waals surface area contributed by atoms with Gasteiger partial charge in [-0.1, -0.05) is 35.9 Å². The SMILES string of the molecule is Cc1cc(OCCCCn2c(CCCNC(=O)c3ccccc3F)nc3ccccc32)cc(C)c1Cl. The summed E-state index contributed by atoms with van der Waals surface area (Å²) in [5, 5.41) is 3.60. The second-order valence-corrected chi connectivity index (χ2v) is 9.31. The largest absolute Gasteiger partial charge is 0.494 e. The second-order valence-electron chi connectivity index (χ2n) is 8.93. The van der Waals surface area contributed by atoms with Crippen LogP contribution < -0.4 is 10.1 Å². The number of hydrogen-bond donors (Lipinski definition) is 1. The molecule has 0 atom stereocenters. The van der Waals surface area contributed by atoms with Gasteiger partial charge in [-0.25, -0.2) is 9.37 Å². The van der Waals surface area contributed by atoms with Crippen molar-refractivity contribution in [2.75, 3.05) is 13.2 Å². The zero-order chi connectivity index (χ0) is 25.5. The Morgan fingerprint density at radius 1 is 1.03 bits per heavy atom. The Balaban J connectivity index is 1.30. The third-order valence-electron chi connectivity index (χ3n) is 6.17. The minimum atomic E-state index is -0.512. The van der Waals surface area contributed by atoms with Crippen molar-refractivity contribution in [1.29, 1.82) is 0 Å². The molecule has 0 saturated carbocycles. The van der Waals surface area contributed by atoms with Gasteiger partial charge in [0.05, 0.1) is 23.2 Å². The summed E-state index contributed by atoms with van der Waals surface area (Å²) >= 11 is 6.25. The number of fused-ring (bicyclic) bond motifs is 1. The van der Waals surface area contributed by atoms with E-state index in [1.807, 2.05) is 44.2 Å². The van der Waals surface area contributed by atoms with Crippen LogP contribution in [0.5, 0.6) is 5.75 Å². The Hall–Kier alpha value is -3.38. The predicted octanol–water partition coefficient (Wildman–Crippen LogP) is 6.67. The summed E-state index contributed by atoms with van der Waals surface area (Å²) in [6.45, 7) is 5.88. The van der Waals surface area contributed by atoms with Gasteiger partial charge in [0.15, 0.2) is 0 Å². The van der Waals surface area contributed by atoms with E-state index < -0.39 is 11.7 Å². The van der Waals surface area contributed by atoms with E-state index in [0.29, 0.717) is 26.0 Å². The van der Waals surface area contributed by atoms with E-state index in [4.69, 9.17) is 21.3 Å². The smallest absolute Gasteiger partial charge is 0.254 e. The molecule has 7 heteroatoms. The molecule has 0 bridgehead atoms. The molecule has 3 aromatic carbocycles. The third-order valence-corrected chi connectivity index (χ3v) is 6.77. The topological polar surface area (TPSA) is 56.1 Å². The highest BCUT2D eigenvalue weighted by molar-refractivity contribution is 6.32. The number of nitrogens with zero attached hydrogens (tertiary/aromatic N) is 2. The van der Waals surface area contributed by atoms with Gasteiger partial charge < -0.3 is 14.6 Å². The van der Waals surface area contributed by atoms with Gasteiger partial charge in [-0.15, -0.1) is 0 Å². The van der Waals surface area contributed by atoms with Crippen LogP contribution in [0.15, 0.2) is 60.7 Å². The maximum Gasteiger partial charge on any atom is 0.254 e. The van der Waals surface area contributed by atoms with Gasteiger partial charge in [0.25, 0.3) is 5.91 Å². The Kier molecular flexibility index (Phi) is 8.60. The molecule has 1 amide bonds. The van der Waals surface area contributed by atoms with Crippen LogP contribution in [0, 0.1) is 19.7 Å². The summed E-state index contributed by atoms with van der Waals surface area (Å²) in [6.07, 6.45) is 3.28. The minimum absolute atomic E-state index is 0.0656. The lowest BCUT2D eigenvalue weighted by molar-refractivity contribution is 0.0949. The van der Waals surface area contributed by atoms with Crippen molar-refractivity contribution in [2.45, 2.75) is 46.1 Å². The van der Waals surface area contributed by atoms with Gasteiger partial charge in [-0.3, -0.25) is 4.79 Å². The molecular weight excluding hydrogens is 477 g/mol. The molecule has 1 aromatic heterocycles. The number of rotatable bonds is 11. The van der Waals surface area contributed by atoms with Crippen molar-refractivity contribution >= 4 is 28.5 Å². The number of unbranched alkanes of at least 4 members (excludes halogenated alkanes) is 1. The molecule has 188 valence electrons. The zero-order valence-electron chi connectivity index (χ0n) is 20.7. The van der Waals surface area contributed by atoms with Crippen molar-refractivity contribution in [2.24, 2.45) is 0 Å². The van der Waals surface area contributed by atoms with Crippen molar-refractivity contribution in [3.8, 4) is 5.75 Å². The van der Waals surface area contributed by atoms with Crippen LogP contribution in [-0.2, 0) is 13.0 Å². The highest BCUT2D eigenvalue weighted by Crippen LogP contribution is 2.26. The van der Waals surface area contributed by atoms with Crippen LogP contribution in [0.25, 0.3) is 11.0 Å². The molecule has 1 N–H and O–H groups in total. The molecule has 4 rings (SSSR count). The predicted molar refractivity (Wildman–Crippen MR) is 142 cm³/mol. The number of para-hydroxylation sites is 2. The first-order valence-electron chi connectivity index (χ1n) is 12.3. The molecule has 0 saturated heterocycles. The second kappa shape index (κ2) is 12.0. The number of hydrogen-bond acceptors (Lipinski definition) is 3. The molecule has 4 aromatic rings. The Labute approximate surface area is 216 Å². The highest BCUT2D eigenvalue weighted by Gasteiger charge is 2.12. The van der Waals surface area contributed by atoms with Crippen LogP contribution >= 0.6 is 11.6 Å². The summed E-state index contributed by atoms with van der Waals surface area (Å²) in [4.78, 5) is 17.1. The quantitative estimate of drug-likeness (QED) is 0.231. The molecule has 1 heterocycles. The number of carbonyl (C=O) groups is 1. The number of halogens is 2. The van der Waals surface area contributed by atoms with Crippen LogP contribution in [0.3, 0.4) is 0 Å². The number of ether oxygens (including phenoxy) is 1. The first-order valence-corrected chi connectivity index (χ1v) is 12.7. The number of imidazole rings is 1. The Morgan fingerprint density at radius 2 is 1.75 bits per heavy atom. The number of nitrogens with one attached hydrogen (secondary N) is 1. The molecule has 0 radical (unpaired) electrons. The molecule has 5 nitrogen and oxygen atoms in total. The van der Waals surface area contributed by atoms with Crippen molar-refractivity contribution < 1.29 is 13.9 Å². The highest BCUT2D eigenvalue weighted by atomic mass is 35.5. The van der Waals surface area contributed by atoms with E-state index in [0.717, 1.165) is 58.1 Å². The summed E-state index contributed by atoms with van der Waals surface area (Å²) in [5.74, 6) is 0.927. The molecule has 0 spiro atoms. The maximum absolute atomic E-state index is 13.8. The number of carbonyl (C=O) groups excluding carboxylic acids is 1. The van der Waals surface area contributed by atoms with Gasteiger partial charge >= 0.3 is 0 Å². The van der Waals surface area contributed by atoms with E-state index in [2.05, 4.69) is 16.0 Å². The number of benzene rings is 3. The zero-order valence-corrected chi connectivity index (χ0v) is 21.4. The number of amides is 1. The lowest BCUT2D eigenvalue weighted by Crippen LogP contribution is -2.25. The summed E-state index contributed by atoms with van der Waals surface area (Å²) in [7, 11) is 0. The fourth-order valence-electron chi connectivity index (χ4n) is 4.31. The fraction of sp³-hybridized carbons (Fsp3) is 0.310. The van der Waals surface area contributed by atoms with Crippen LogP contribution in [0.1, 0.15) is 46.6 Å². The van der Waals surface area contributed by atoms with E-state index >= 15 is 0 Å². The summed E-state index contributed by atoms with van der Waals surface area (Å²) in [5.41, 5.74) is 4.17. The fourth-order valence-corrected chi connectivity index (χ4v) is 4.42. The van der Waals surface area contributed by atoms with Crippen molar-refractivity contribution in [3.63, 3.8) is 0 Å². The van der Waals surface area contributed by atoms with Gasteiger partial charge in [-0.05, 0) is 80.6 Å². The first kappa shape index (κ1) is 25.7. The minimum Gasteiger partial charge on any atom is -0.494 e. The van der Waals surface area contributed by atoms with E-state index in [9.17, 15) is 9.18 Å². The maximum atomic E-state index is 13.8. The number of aryl methyl sites for hydroxylation is 4. The molecule has 0 fully saturated rings. The Bertz CT molecular complexity index is 1330. The van der Waals surface area contributed by atoms with Crippen LogP contribution in [0.4, 0.5) is 4.39 Å². The Morgan fingerprint density at radius 3 is 2.53 bits per heavy atom. The average molecular weight is 508 g/mol.